The highest BCUT2D eigenvalue weighted by Gasteiger charge is 2.05. The van der Waals surface area contributed by atoms with Crippen LogP contribution < -0.4 is 15.4 Å². The molecule has 1 unspecified atom stereocenters. The van der Waals surface area contributed by atoms with Crippen molar-refractivity contribution < 1.29 is 9.47 Å². The lowest BCUT2D eigenvalue weighted by atomic mass is 10.1. The van der Waals surface area contributed by atoms with Crippen molar-refractivity contribution in [1.29, 1.82) is 0 Å². The van der Waals surface area contributed by atoms with Gasteiger partial charge >= 0.3 is 0 Å². The highest BCUT2D eigenvalue weighted by Crippen LogP contribution is 2.07. The maximum atomic E-state index is 5.45. The fourth-order valence-electron chi connectivity index (χ4n) is 2.22. The van der Waals surface area contributed by atoms with E-state index in [9.17, 15) is 0 Å². The summed E-state index contributed by atoms with van der Waals surface area (Å²) < 4.78 is 10.4. The van der Waals surface area contributed by atoms with Crippen molar-refractivity contribution in [3.8, 4) is 5.88 Å². The number of aromatic nitrogens is 1. The van der Waals surface area contributed by atoms with Crippen molar-refractivity contribution in [1.82, 2.24) is 15.6 Å². The molecule has 0 aliphatic rings. The van der Waals surface area contributed by atoms with Crippen molar-refractivity contribution in [2.75, 3.05) is 27.4 Å². The van der Waals surface area contributed by atoms with E-state index in [0.717, 1.165) is 17.9 Å². The standard InChI is InChI=1S/C18H32N4O2/c1-5-6-7-8-15(2)22-18(19-3)21-14-16-9-10-17(20-13-16)24-12-11-23-4/h9-10,13,15H,5-8,11-12,14H2,1-4H3,(H2,19,21,22). The van der Waals surface area contributed by atoms with Gasteiger partial charge in [-0.3, -0.25) is 4.99 Å². The summed E-state index contributed by atoms with van der Waals surface area (Å²) in [5.74, 6) is 1.43. The molecule has 2 N–H and O–H groups in total. The second-order valence-corrected chi connectivity index (χ2v) is 5.81. The Morgan fingerprint density at radius 3 is 2.75 bits per heavy atom. The van der Waals surface area contributed by atoms with E-state index >= 15 is 0 Å². The molecule has 1 aromatic heterocycles. The molecule has 6 heteroatoms. The van der Waals surface area contributed by atoms with Crippen molar-refractivity contribution in [3.63, 3.8) is 0 Å². The Kier molecular flexibility index (Phi) is 10.6. The van der Waals surface area contributed by atoms with Gasteiger partial charge in [0.25, 0.3) is 0 Å². The number of nitrogens with one attached hydrogen (secondary N) is 2. The molecule has 1 heterocycles. The highest BCUT2D eigenvalue weighted by molar-refractivity contribution is 5.79. The SMILES string of the molecule is CCCCCC(C)NC(=NC)NCc1ccc(OCCOC)nc1. The summed E-state index contributed by atoms with van der Waals surface area (Å²) in [5, 5.41) is 6.74. The lowest BCUT2D eigenvalue weighted by Gasteiger charge is -2.18. The van der Waals surface area contributed by atoms with Gasteiger partial charge in [0, 0.05) is 39.0 Å². The Balaban J connectivity index is 2.34. The smallest absolute Gasteiger partial charge is 0.213 e. The molecule has 6 nitrogen and oxygen atoms in total. The number of nitrogens with zero attached hydrogens (tertiary/aromatic N) is 2. The normalized spacial score (nSPS) is 12.8. The van der Waals surface area contributed by atoms with Gasteiger partial charge in [0.1, 0.15) is 6.61 Å². The van der Waals surface area contributed by atoms with Gasteiger partial charge < -0.3 is 20.1 Å². The highest BCUT2D eigenvalue weighted by atomic mass is 16.5. The van der Waals surface area contributed by atoms with E-state index in [1.165, 1.54) is 19.3 Å². The van der Waals surface area contributed by atoms with Gasteiger partial charge in [-0.2, -0.15) is 0 Å². The number of rotatable bonds is 11. The molecule has 0 saturated heterocycles. The second-order valence-electron chi connectivity index (χ2n) is 5.81. The zero-order valence-corrected chi connectivity index (χ0v) is 15.5. The number of hydrogen-bond acceptors (Lipinski definition) is 4. The fourth-order valence-corrected chi connectivity index (χ4v) is 2.22. The monoisotopic (exact) mass is 336 g/mol. The first-order valence-electron chi connectivity index (χ1n) is 8.73. The van der Waals surface area contributed by atoms with Crippen LogP contribution >= 0.6 is 0 Å². The summed E-state index contributed by atoms with van der Waals surface area (Å²) in [6, 6.07) is 4.29. The molecule has 136 valence electrons. The van der Waals surface area contributed by atoms with Gasteiger partial charge in [0.05, 0.1) is 6.61 Å². The average Bonchev–Trinajstić information content (AvgIpc) is 2.60. The first-order valence-corrected chi connectivity index (χ1v) is 8.73. The summed E-state index contributed by atoms with van der Waals surface area (Å²) in [4.78, 5) is 8.56. The van der Waals surface area contributed by atoms with Crippen LogP contribution in [0.1, 0.15) is 45.1 Å². The number of aliphatic imine (C=N–C) groups is 1. The summed E-state index contributed by atoms with van der Waals surface area (Å²) in [7, 11) is 3.44. The third-order valence-electron chi connectivity index (χ3n) is 3.64. The van der Waals surface area contributed by atoms with E-state index in [1.54, 1.807) is 14.2 Å². The molecule has 0 fully saturated rings. The number of hydrogen-bond donors (Lipinski definition) is 2. The second kappa shape index (κ2) is 12.6. The van der Waals surface area contributed by atoms with Gasteiger partial charge in [-0.05, 0) is 18.9 Å². The third-order valence-corrected chi connectivity index (χ3v) is 3.64. The number of methoxy groups -OCH3 is 1. The molecule has 0 spiro atoms. The number of unbranched alkanes of at least 4 members (excludes halogenated alkanes) is 2. The van der Waals surface area contributed by atoms with E-state index in [2.05, 4.69) is 34.5 Å². The van der Waals surface area contributed by atoms with E-state index in [0.29, 0.717) is 31.7 Å². The summed E-state index contributed by atoms with van der Waals surface area (Å²) in [5.41, 5.74) is 1.08. The Morgan fingerprint density at radius 2 is 2.12 bits per heavy atom. The summed E-state index contributed by atoms with van der Waals surface area (Å²) in [6.07, 6.45) is 6.74. The quantitative estimate of drug-likeness (QED) is 0.369. The lowest BCUT2D eigenvalue weighted by molar-refractivity contribution is 0.143. The van der Waals surface area contributed by atoms with E-state index in [-0.39, 0.29) is 0 Å². The molecule has 1 rings (SSSR count). The third kappa shape index (κ3) is 8.72. The minimum atomic E-state index is 0.414. The number of ether oxygens (including phenoxy) is 2. The number of pyridine rings is 1. The molecular formula is C18H32N4O2. The van der Waals surface area contributed by atoms with Crippen LogP contribution in [0, 0.1) is 0 Å². The molecule has 0 saturated carbocycles. The molecule has 0 aromatic carbocycles. The van der Waals surface area contributed by atoms with Crippen molar-refractivity contribution >= 4 is 5.96 Å². The molecular weight excluding hydrogens is 304 g/mol. The van der Waals surface area contributed by atoms with Gasteiger partial charge in [-0.15, -0.1) is 0 Å². The maximum Gasteiger partial charge on any atom is 0.213 e. The Bertz CT molecular complexity index is 463. The molecule has 0 bridgehead atoms. The van der Waals surface area contributed by atoms with Crippen LogP contribution in [0.5, 0.6) is 5.88 Å². The average molecular weight is 336 g/mol. The Morgan fingerprint density at radius 1 is 1.29 bits per heavy atom. The van der Waals surface area contributed by atoms with Crippen LogP contribution in [0.4, 0.5) is 0 Å². The molecule has 0 radical (unpaired) electrons. The number of guanidine groups is 1. The van der Waals surface area contributed by atoms with Gasteiger partial charge in [-0.25, -0.2) is 4.98 Å². The van der Waals surface area contributed by atoms with Gasteiger partial charge in [-0.1, -0.05) is 32.3 Å². The fraction of sp³-hybridized carbons (Fsp3) is 0.667. The van der Waals surface area contributed by atoms with Crippen LogP contribution in [0.2, 0.25) is 0 Å². The van der Waals surface area contributed by atoms with Crippen LogP contribution in [0.25, 0.3) is 0 Å². The van der Waals surface area contributed by atoms with Crippen molar-refractivity contribution in [2.45, 2.75) is 52.1 Å². The van der Waals surface area contributed by atoms with E-state index in [4.69, 9.17) is 9.47 Å². The molecule has 0 aliphatic carbocycles. The minimum absolute atomic E-state index is 0.414. The molecule has 1 aromatic rings. The first kappa shape index (κ1) is 20.2. The van der Waals surface area contributed by atoms with Gasteiger partial charge in [0.2, 0.25) is 5.88 Å². The summed E-state index contributed by atoms with van der Waals surface area (Å²) in [6.45, 7) is 6.15. The van der Waals surface area contributed by atoms with E-state index < -0.39 is 0 Å². The molecule has 24 heavy (non-hydrogen) atoms. The minimum Gasteiger partial charge on any atom is -0.475 e. The lowest BCUT2D eigenvalue weighted by Crippen LogP contribution is -2.41. The van der Waals surface area contributed by atoms with Gasteiger partial charge in [0.15, 0.2) is 5.96 Å². The van der Waals surface area contributed by atoms with Crippen LogP contribution in [-0.2, 0) is 11.3 Å². The maximum absolute atomic E-state index is 5.45. The first-order chi connectivity index (χ1) is 11.7. The zero-order valence-electron chi connectivity index (χ0n) is 15.5. The van der Waals surface area contributed by atoms with Crippen LogP contribution in [0.15, 0.2) is 23.3 Å². The van der Waals surface area contributed by atoms with Crippen molar-refractivity contribution in [3.05, 3.63) is 23.9 Å². The van der Waals surface area contributed by atoms with E-state index in [1.807, 2.05) is 18.3 Å². The predicted molar refractivity (Wildman–Crippen MR) is 98.5 cm³/mol. The predicted octanol–water partition coefficient (Wildman–Crippen LogP) is 2.74. The van der Waals surface area contributed by atoms with Crippen LogP contribution in [0.3, 0.4) is 0 Å². The topological polar surface area (TPSA) is 67.8 Å². The summed E-state index contributed by atoms with van der Waals surface area (Å²) >= 11 is 0. The molecule has 0 aliphatic heterocycles. The zero-order chi connectivity index (χ0) is 17.6. The Labute approximate surface area is 146 Å². The molecule has 0 amide bonds. The molecule has 1 atom stereocenters. The largest absolute Gasteiger partial charge is 0.475 e. The van der Waals surface area contributed by atoms with Crippen LogP contribution in [-0.4, -0.2) is 44.4 Å². The Hall–Kier alpha value is -1.82. The van der Waals surface area contributed by atoms with Crippen molar-refractivity contribution in [2.24, 2.45) is 4.99 Å².